The molecule has 122 valence electrons. The highest BCUT2D eigenvalue weighted by molar-refractivity contribution is 5.78. The number of benzene rings is 2. The van der Waals surface area contributed by atoms with Gasteiger partial charge in [0.15, 0.2) is 0 Å². The number of carbonyl (C=O) groups is 1. The molecule has 0 heterocycles. The quantitative estimate of drug-likeness (QED) is 0.859. The Morgan fingerprint density at radius 2 is 1.70 bits per heavy atom. The number of hydrogen-bond acceptors (Lipinski definition) is 2. The summed E-state index contributed by atoms with van der Waals surface area (Å²) in [7, 11) is 0. The molecule has 2 aromatic carbocycles. The zero-order chi connectivity index (χ0) is 16.8. The summed E-state index contributed by atoms with van der Waals surface area (Å²) in [6.45, 7) is 4.60. The highest BCUT2D eigenvalue weighted by atomic mass is 19.1. The van der Waals surface area contributed by atoms with Crippen molar-refractivity contribution in [2.24, 2.45) is 5.73 Å². The van der Waals surface area contributed by atoms with Gasteiger partial charge in [0.2, 0.25) is 5.91 Å². The third kappa shape index (κ3) is 4.89. The van der Waals surface area contributed by atoms with Crippen LogP contribution >= 0.6 is 0 Å². The fraction of sp³-hybridized carbons (Fsp3) is 0.316. The van der Waals surface area contributed by atoms with Crippen LogP contribution in [0.1, 0.15) is 42.5 Å². The van der Waals surface area contributed by atoms with Crippen molar-refractivity contribution in [1.29, 1.82) is 0 Å². The van der Waals surface area contributed by atoms with Gasteiger partial charge in [-0.3, -0.25) is 4.79 Å². The lowest BCUT2D eigenvalue weighted by atomic mass is 9.99. The maximum absolute atomic E-state index is 13.5. The van der Waals surface area contributed by atoms with Crippen LogP contribution in [0.3, 0.4) is 0 Å². The molecule has 0 saturated heterocycles. The molecular weight excluding hydrogens is 291 g/mol. The van der Waals surface area contributed by atoms with E-state index in [1.165, 1.54) is 11.6 Å². The number of rotatable bonds is 6. The average Bonchev–Trinajstić information content (AvgIpc) is 2.55. The van der Waals surface area contributed by atoms with Crippen LogP contribution in [0.5, 0.6) is 0 Å². The molecule has 0 saturated carbocycles. The molecule has 1 amide bonds. The molecule has 0 spiro atoms. The third-order valence-corrected chi connectivity index (χ3v) is 3.86. The fourth-order valence-corrected chi connectivity index (χ4v) is 2.35. The lowest BCUT2D eigenvalue weighted by Crippen LogP contribution is -2.33. The average molecular weight is 314 g/mol. The Hall–Kier alpha value is -2.20. The van der Waals surface area contributed by atoms with Gasteiger partial charge in [0.25, 0.3) is 0 Å². The predicted octanol–water partition coefficient (Wildman–Crippen LogP) is 3.31. The number of halogens is 1. The van der Waals surface area contributed by atoms with Crippen LogP contribution in [0.4, 0.5) is 4.39 Å². The van der Waals surface area contributed by atoms with E-state index in [1.807, 2.05) is 12.1 Å². The maximum Gasteiger partial charge on any atom is 0.224 e. The summed E-state index contributed by atoms with van der Waals surface area (Å²) in [4.78, 5) is 11.9. The first-order chi connectivity index (χ1) is 11.0. The smallest absolute Gasteiger partial charge is 0.224 e. The predicted molar refractivity (Wildman–Crippen MR) is 90.6 cm³/mol. The minimum absolute atomic E-state index is 0.0195. The summed E-state index contributed by atoms with van der Waals surface area (Å²) in [5.41, 5.74) is 8.72. The van der Waals surface area contributed by atoms with Crippen molar-refractivity contribution in [3.05, 3.63) is 71.0 Å². The Bertz CT molecular complexity index is 653. The zero-order valence-corrected chi connectivity index (χ0v) is 13.6. The molecular formula is C19H23FN2O. The minimum atomic E-state index is -0.365. The lowest BCUT2D eigenvalue weighted by molar-refractivity contribution is -0.120. The molecule has 0 radical (unpaired) electrons. The van der Waals surface area contributed by atoms with Gasteiger partial charge in [-0.15, -0.1) is 0 Å². The third-order valence-electron chi connectivity index (χ3n) is 3.86. The van der Waals surface area contributed by atoms with Gasteiger partial charge in [0.1, 0.15) is 5.82 Å². The van der Waals surface area contributed by atoms with E-state index < -0.39 is 0 Å². The SMILES string of the molecule is CC(C)c1ccc(C(N)CNC(=O)Cc2ccccc2F)cc1. The highest BCUT2D eigenvalue weighted by Crippen LogP contribution is 2.17. The van der Waals surface area contributed by atoms with Crippen molar-refractivity contribution in [3.8, 4) is 0 Å². The summed E-state index contributed by atoms with van der Waals surface area (Å²) in [5, 5.41) is 2.76. The Morgan fingerprint density at radius 3 is 2.30 bits per heavy atom. The van der Waals surface area contributed by atoms with E-state index >= 15 is 0 Å². The minimum Gasteiger partial charge on any atom is -0.354 e. The second-order valence-electron chi connectivity index (χ2n) is 6.00. The fourth-order valence-electron chi connectivity index (χ4n) is 2.35. The normalized spacial score (nSPS) is 12.2. The van der Waals surface area contributed by atoms with Gasteiger partial charge in [-0.05, 0) is 28.7 Å². The van der Waals surface area contributed by atoms with Gasteiger partial charge in [0, 0.05) is 12.6 Å². The van der Waals surface area contributed by atoms with E-state index in [0.717, 1.165) is 5.56 Å². The second kappa shape index (κ2) is 7.88. The van der Waals surface area contributed by atoms with Crippen LogP contribution in [0.2, 0.25) is 0 Å². The summed E-state index contributed by atoms with van der Waals surface area (Å²) in [6.07, 6.45) is 0.0195. The van der Waals surface area contributed by atoms with Gasteiger partial charge in [-0.2, -0.15) is 0 Å². The summed E-state index contributed by atoms with van der Waals surface area (Å²) < 4.78 is 13.5. The van der Waals surface area contributed by atoms with Gasteiger partial charge in [0.05, 0.1) is 6.42 Å². The standard InChI is InChI=1S/C19H23FN2O/c1-13(2)14-7-9-15(10-8-14)18(21)12-22-19(23)11-16-5-3-4-6-17(16)20/h3-10,13,18H,11-12,21H2,1-2H3,(H,22,23). The molecule has 2 rings (SSSR count). The molecule has 3 nitrogen and oxygen atoms in total. The molecule has 0 fully saturated rings. The molecule has 1 unspecified atom stereocenters. The Morgan fingerprint density at radius 1 is 1.09 bits per heavy atom. The van der Waals surface area contributed by atoms with Crippen molar-refractivity contribution >= 4 is 5.91 Å². The molecule has 23 heavy (non-hydrogen) atoms. The van der Waals surface area contributed by atoms with Crippen LogP contribution in [-0.4, -0.2) is 12.5 Å². The summed E-state index contributed by atoms with van der Waals surface area (Å²) in [5.74, 6) is -0.124. The van der Waals surface area contributed by atoms with Crippen molar-refractivity contribution in [3.63, 3.8) is 0 Å². The van der Waals surface area contributed by atoms with E-state index in [1.54, 1.807) is 18.2 Å². The zero-order valence-electron chi connectivity index (χ0n) is 13.6. The molecule has 0 aliphatic heterocycles. The van der Waals surface area contributed by atoms with Gasteiger partial charge >= 0.3 is 0 Å². The van der Waals surface area contributed by atoms with Crippen molar-refractivity contribution < 1.29 is 9.18 Å². The topological polar surface area (TPSA) is 55.1 Å². The van der Waals surface area contributed by atoms with Crippen LogP contribution in [-0.2, 0) is 11.2 Å². The van der Waals surface area contributed by atoms with E-state index in [-0.39, 0.29) is 24.2 Å². The van der Waals surface area contributed by atoms with Crippen molar-refractivity contribution in [1.82, 2.24) is 5.32 Å². The highest BCUT2D eigenvalue weighted by Gasteiger charge is 2.11. The molecule has 0 aromatic heterocycles. The second-order valence-corrected chi connectivity index (χ2v) is 6.00. The number of hydrogen-bond donors (Lipinski definition) is 2. The number of nitrogens with two attached hydrogens (primary N) is 1. The Balaban J connectivity index is 1.87. The lowest BCUT2D eigenvalue weighted by Gasteiger charge is -2.15. The van der Waals surface area contributed by atoms with E-state index in [0.29, 0.717) is 18.0 Å². The molecule has 3 N–H and O–H groups in total. The van der Waals surface area contributed by atoms with Gasteiger partial charge in [-0.1, -0.05) is 56.3 Å². The Labute approximate surface area is 136 Å². The monoisotopic (exact) mass is 314 g/mol. The first-order valence-electron chi connectivity index (χ1n) is 7.83. The first-order valence-corrected chi connectivity index (χ1v) is 7.83. The first kappa shape index (κ1) is 17.2. The summed E-state index contributed by atoms with van der Waals surface area (Å²) >= 11 is 0. The van der Waals surface area contributed by atoms with E-state index in [4.69, 9.17) is 5.73 Å². The molecule has 0 bridgehead atoms. The Kier molecular flexibility index (Phi) is 5.88. The van der Waals surface area contributed by atoms with Crippen LogP contribution < -0.4 is 11.1 Å². The van der Waals surface area contributed by atoms with Crippen molar-refractivity contribution in [2.45, 2.75) is 32.2 Å². The maximum atomic E-state index is 13.5. The van der Waals surface area contributed by atoms with Crippen molar-refractivity contribution in [2.75, 3.05) is 6.54 Å². The molecule has 0 aliphatic carbocycles. The largest absolute Gasteiger partial charge is 0.354 e. The van der Waals surface area contributed by atoms with E-state index in [2.05, 4.69) is 31.3 Å². The molecule has 1 atom stereocenters. The number of nitrogens with one attached hydrogen (secondary N) is 1. The van der Waals surface area contributed by atoms with Gasteiger partial charge < -0.3 is 11.1 Å². The van der Waals surface area contributed by atoms with E-state index in [9.17, 15) is 9.18 Å². The summed E-state index contributed by atoms with van der Waals surface area (Å²) in [6, 6.07) is 14.1. The number of amides is 1. The van der Waals surface area contributed by atoms with Crippen LogP contribution in [0.15, 0.2) is 48.5 Å². The molecule has 4 heteroatoms. The molecule has 2 aromatic rings. The van der Waals surface area contributed by atoms with Gasteiger partial charge in [-0.25, -0.2) is 4.39 Å². The van der Waals surface area contributed by atoms with Crippen LogP contribution in [0.25, 0.3) is 0 Å². The molecule has 0 aliphatic rings. The van der Waals surface area contributed by atoms with Crippen LogP contribution in [0, 0.1) is 5.82 Å². The number of carbonyl (C=O) groups excluding carboxylic acids is 1.